The van der Waals surface area contributed by atoms with E-state index in [1.165, 1.54) is 37.2 Å². The number of fused-ring (bicyclic) bond motifs is 3. The Morgan fingerprint density at radius 1 is 1.47 bits per heavy atom. The van der Waals surface area contributed by atoms with Gasteiger partial charge in [-0.3, -0.25) is 0 Å². The van der Waals surface area contributed by atoms with E-state index in [1.807, 2.05) is 0 Å². The van der Waals surface area contributed by atoms with Gasteiger partial charge in [-0.25, -0.2) is 0 Å². The van der Waals surface area contributed by atoms with Gasteiger partial charge in [-0.1, -0.05) is 29.3 Å². The molecular weight excluding hydrogens is 276 g/mol. The summed E-state index contributed by atoms with van der Waals surface area (Å²) in [4.78, 5) is 2.60. The first-order valence-electron chi connectivity index (χ1n) is 6.58. The van der Waals surface area contributed by atoms with Crippen molar-refractivity contribution >= 4 is 27.3 Å². The lowest BCUT2D eigenvalue weighted by Gasteiger charge is -2.45. The van der Waals surface area contributed by atoms with Gasteiger partial charge < -0.3 is 10.2 Å². The monoisotopic (exact) mass is 294 g/mol. The largest absolute Gasteiger partial charge is 0.381 e. The van der Waals surface area contributed by atoms with Gasteiger partial charge in [-0.2, -0.15) is 0 Å². The molecule has 0 bridgehead atoms. The fourth-order valence-corrected chi connectivity index (χ4v) is 3.50. The van der Waals surface area contributed by atoms with E-state index in [0.29, 0.717) is 6.04 Å². The molecule has 0 aromatic heterocycles. The first-order chi connectivity index (χ1) is 8.28. The minimum Gasteiger partial charge on any atom is -0.381 e. The van der Waals surface area contributed by atoms with Crippen molar-refractivity contribution in [1.29, 1.82) is 0 Å². The van der Waals surface area contributed by atoms with Crippen LogP contribution in [0.1, 0.15) is 26.2 Å². The third-order valence-corrected chi connectivity index (χ3v) is 4.69. The highest BCUT2D eigenvalue weighted by molar-refractivity contribution is 9.10. The van der Waals surface area contributed by atoms with Crippen LogP contribution < -0.4 is 10.2 Å². The van der Waals surface area contributed by atoms with Gasteiger partial charge in [0.25, 0.3) is 0 Å². The van der Waals surface area contributed by atoms with Crippen molar-refractivity contribution in [2.75, 3.05) is 23.3 Å². The van der Waals surface area contributed by atoms with Gasteiger partial charge in [0, 0.05) is 23.6 Å². The van der Waals surface area contributed by atoms with Crippen LogP contribution in [0.5, 0.6) is 0 Å². The molecule has 1 fully saturated rings. The van der Waals surface area contributed by atoms with E-state index >= 15 is 0 Å². The number of piperidine rings is 1. The SMILES string of the molecule is CCC1CCN2c3ccc(Br)cc3NCC2C1. The number of nitrogens with one attached hydrogen (secondary N) is 1. The first-order valence-corrected chi connectivity index (χ1v) is 7.37. The Balaban J connectivity index is 1.87. The van der Waals surface area contributed by atoms with E-state index in [4.69, 9.17) is 0 Å². The molecule has 0 radical (unpaired) electrons. The molecule has 2 unspecified atom stereocenters. The number of nitrogens with zero attached hydrogens (tertiary/aromatic N) is 1. The Kier molecular flexibility index (Phi) is 3.03. The molecule has 0 spiro atoms. The molecule has 17 heavy (non-hydrogen) atoms. The van der Waals surface area contributed by atoms with Crippen LogP contribution >= 0.6 is 15.9 Å². The van der Waals surface area contributed by atoms with Crippen LogP contribution in [0.4, 0.5) is 11.4 Å². The van der Waals surface area contributed by atoms with Crippen molar-refractivity contribution in [3.63, 3.8) is 0 Å². The molecule has 2 aliphatic heterocycles. The summed E-state index contributed by atoms with van der Waals surface area (Å²) in [5, 5.41) is 3.58. The van der Waals surface area contributed by atoms with E-state index in [0.717, 1.165) is 16.9 Å². The Morgan fingerprint density at radius 3 is 3.18 bits per heavy atom. The molecule has 0 saturated carbocycles. The summed E-state index contributed by atoms with van der Waals surface area (Å²) >= 11 is 3.54. The summed E-state index contributed by atoms with van der Waals surface area (Å²) in [5.41, 5.74) is 2.67. The number of halogens is 1. The smallest absolute Gasteiger partial charge is 0.0605 e. The molecule has 2 heterocycles. The summed E-state index contributed by atoms with van der Waals surface area (Å²) in [5.74, 6) is 0.926. The maximum absolute atomic E-state index is 3.58. The van der Waals surface area contributed by atoms with Gasteiger partial charge in [0.2, 0.25) is 0 Å². The zero-order chi connectivity index (χ0) is 11.8. The Bertz CT molecular complexity index is 419. The number of hydrogen-bond acceptors (Lipinski definition) is 2. The molecule has 3 rings (SSSR count). The van der Waals surface area contributed by atoms with Crippen LogP contribution in [-0.4, -0.2) is 19.1 Å². The topological polar surface area (TPSA) is 15.3 Å². The molecular formula is C14H19BrN2. The average Bonchev–Trinajstić information content (AvgIpc) is 2.37. The molecule has 1 aromatic rings. The van der Waals surface area contributed by atoms with Crippen LogP contribution in [0, 0.1) is 5.92 Å². The summed E-state index contributed by atoms with van der Waals surface area (Å²) in [6, 6.07) is 7.28. The summed E-state index contributed by atoms with van der Waals surface area (Å²) in [7, 11) is 0. The highest BCUT2D eigenvalue weighted by Crippen LogP contribution is 2.38. The summed E-state index contributed by atoms with van der Waals surface area (Å²) in [6.07, 6.45) is 4.03. The Labute approximate surface area is 112 Å². The minimum absolute atomic E-state index is 0.697. The number of rotatable bonds is 1. The highest BCUT2D eigenvalue weighted by Gasteiger charge is 2.31. The van der Waals surface area contributed by atoms with Crippen LogP contribution in [0.15, 0.2) is 22.7 Å². The van der Waals surface area contributed by atoms with Gasteiger partial charge in [0.15, 0.2) is 0 Å². The molecule has 2 atom stereocenters. The fourth-order valence-electron chi connectivity index (χ4n) is 3.14. The van der Waals surface area contributed by atoms with E-state index < -0.39 is 0 Å². The number of benzene rings is 1. The van der Waals surface area contributed by atoms with Crippen LogP contribution in [0.2, 0.25) is 0 Å². The highest BCUT2D eigenvalue weighted by atomic mass is 79.9. The third-order valence-electron chi connectivity index (χ3n) is 4.20. The van der Waals surface area contributed by atoms with Crippen molar-refractivity contribution in [2.24, 2.45) is 5.92 Å². The van der Waals surface area contributed by atoms with Gasteiger partial charge in [-0.05, 0) is 37.0 Å². The van der Waals surface area contributed by atoms with Gasteiger partial charge >= 0.3 is 0 Å². The fraction of sp³-hybridized carbons (Fsp3) is 0.571. The normalized spacial score (nSPS) is 27.1. The maximum atomic E-state index is 3.58. The van der Waals surface area contributed by atoms with Crippen LogP contribution in [-0.2, 0) is 0 Å². The van der Waals surface area contributed by atoms with E-state index in [9.17, 15) is 0 Å². The molecule has 92 valence electrons. The molecule has 1 N–H and O–H groups in total. The maximum Gasteiger partial charge on any atom is 0.0605 e. The minimum atomic E-state index is 0.697. The Morgan fingerprint density at radius 2 is 2.35 bits per heavy atom. The van der Waals surface area contributed by atoms with Gasteiger partial charge in [0.1, 0.15) is 0 Å². The quantitative estimate of drug-likeness (QED) is 0.846. The second kappa shape index (κ2) is 4.52. The molecule has 2 nitrogen and oxygen atoms in total. The summed E-state index contributed by atoms with van der Waals surface area (Å²) < 4.78 is 1.16. The average molecular weight is 295 g/mol. The number of anilines is 2. The van der Waals surface area contributed by atoms with Crippen LogP contribution in [0.3, 0.4) is 0 Å². The van der Waals surface area contributed by atoms with E-state index in [2.05, 4.69) is 51.3 Å². The van der Waals surface area contributed by atoms with Crippen LogP contribution in [0.25, 0.3) is 0 Å². The van der Waals surface area contributed by atoms with Crippen molar-refractivity contribution in [3.05, 3.63) is 22.7 Å². The summed E-state index contributed by atoms with van der Waals surface area (Å²) in [6.45, 7) is 4.64. The van der Waals surface area contributed by atoms with Crippen molar-refractivity contribution in [1.82, 2.24) is 0 Å². The molecule has 1 aromatic carbocycles. The first kappa shape index (κ1) is 11.4. The number of hydrogen-bond donors (Lipinski definition) is 1. The third kappa shape index (κ3) is 2.05. The zero-order valence-electron chi connectivity index (χ0n) is 10.2. The lowest BCUT2D eigenvalue weighted by molar-refractivity contribution is 0.336. The molecule has 1 saturated heterocycles. The van der Waals surface area contributed by atoms with Gasteiger partial charge in [0.05, 0.1) is 11.4 Å². The van der Waals surface area contributed by atoms with Crippen molar-refractivity contribution in [3.8, 4) is 0 Å². The predicted octanol–water partition coefficient (Wildman–Crippen LogP) is 3.87. The Hall–Kier alpha value is -0.700. The zero-order valence-corrected chi connectivity index (χ0v) is 11.8. The lowest BCUT2D eigenvalue weighted by atomic mass is 9.87. The molecule has 0 aliphatic carbocycles. The molecule has 3 heteroatoms. The second-order valence-corrected chi connectivity index (χ2v) is 6.10. The predicted molar refractivity (Wildman–Crippen MR) is 76.8 cm³/mol. The van der Waals surface area contributed by atoms with Crippen molar-refractivity contribution in [2.45, 2.75) is 32.2 Å². The van der Waals surface area contributed by atoms with Crippen molar-refractivity contribution < 1.29 is 0 Å². The molecule has 2 aliphatic rings. The lowest BCUT2D eigenvalue weighted by Crippen LogP contribution is -2.49. The van der Waals surface area contributed by atoms with Gasteiger partial charge in [-0.15, -0.1) is 0 Å². The van der Waals surface area contributed by atoms with E-state index in [-0.39, 0.29) is 0 Å². The second-order valence-electron chi connectivity index (χ2n) is 5.19. The standard InChI is InChI=1S/C14H19BrN2/c1-2-10-5-6-17-12(7-10)9-16-13-8-11(15)3-4-14(13)17/h3-4,8,10,12,16H,2,5-7,9H2,1H3. The molecule has 0 amide bonds. The van der Waals surface area contributed by atoms with E-state index in [1.54, 1.807) is 0 Å².